The average Bonchev–Trinajstić information content (AvgIpc) is 2.03. The van der Waals surface area contributed by atoms with Crippen LogP contribution in [0.25, 0.3) is 0 Å². The number of hydrogen-bond acceptors (Lipinski definition) is 2. The summed E-state index contributed by atoms with van der Waals surface area (Å²) in [6.45, 7) is 7.32. The Morgan fingerprint density at radius 1 is 1.25 bits per heavy atom. The summed E-state index contributed by atoms with van der Waals surface area (Å²) in [7, 11) is 0. The van der Waals surface area contributed by atoms with Gasteiger partial charge in [0.2, 0.25) is 0 Å². The summed E-state index contributed by atoms with van der Waals surface area (Å²) in [4.78, 5) is 2.65. The molecule has 2 nitrogen and oxygen atoms in total. The van der Waals surface area contributed by atoms with Crippen molar-refractivity contribution in [2.24, 2.45) is 5.92 Å². The minimum absolute atomic E-state index is 0.848. The standard InChI is InChI=1S/C10H20N2/c1-9(10-3-2-4-10)12-7-5-11-6-8-12/h9-11H,2-8H2,1H3. The minimum atomic E-state index is 0.848. The smallest absolute Gasteiger partial charge is 0.0110 e. The summed E-state index contributed by atoms with van der Waals surface area (Å²) in [5, 5.41) is 3.40. The van der Waals surface area contributed by atoms with Crippen molar-refractivity contribution < 1.29 is 0 Å². The van der Waals surface area contributed by atoms with Crippen molar-refractivity contribution in [3.05, 3.63) is 0 Å². The topological polar surface area (TPSA) is 15.3 Å². The Balaban J connectivity index is 1.80. The Labute approximate surface area is 75.3 Å². The Morgan fingerprint density at radius 3 is 2.42 bits per heavy atom. The Hall–Kier alpha value is -0.0800. The lowest BCUT2D eigenvalue weighted by molar-refractivity contribution is 0.0962. The molecule has 1 heterocycles. The molecule has 1 saturated carbocycles. The lowest BCUT2D eigenvalue weighted by Gasteiger charge is -2.41. The van der Waals surface area contributed by atoms with E-state index in [-0.39, 0.29) is 0 Å². The van der Waals surface area contributed by atoms with Crippen LogP contribution in [0, 0.1) is 5.92 Å². The van der Waals surface area contributed by atoms with Crippen LogP contribution in [0.5, 0.6) is 0 Å². The average molecular weight is 168 g/mol. The van der Waals surface area contributed by atoms with Crippen LogP contribution < -0.4 is 5.32 Å². The number of hydrogen-bond donors (Lipinski definition) is 1. The van der Waals surface area contributed by atoms with E-state index in [0.717, 1.165) is 12.0 Å². The van der Waals surface area contributed by atoms with E-state index in [2.05, 4.69) is 17.1 Å². The van der Waals surface area contributed by atoms with Crippen molar-refractivity contribution in [3.63, 3.8) is 0 Å². The van der Waals surface area contributed by atoms with Gasteiger partial charge in [-0.15, -0.1) is 0 Å². The normalized spacial score (nSPS) is 29.8. The van der Waals surface area contributed by atoms with Gasteiger partial charge >= 0.3 is 0 Å². The van der Waals surface area contributed by atoms with Gasteiger partial charge in [0.25, 0.3) is 0 Å². The molecule has 1 aliphatic heterocycles. The molecule has 0 aromatic carbocycles. The van der Waals surface area contributed by atoms with Gasteiger partial charge in [0.15, 0.2) is 0 Å². The summed E-state index contributed by atoms with van der Waals surface area (Å²) in [5.41, 5.74) is 0. The highest BCUT2D eigenvalue weighted by Crippen LogP contribution is 2.31. The molecular formula is C10H20N2. The van der Waals surface area contributed by atoms with Crippen LogP contribution in [0.4, 0.5) is 0 Å². The van der Waals surface area contributed by atoms with Gasteiger partial charge in [-0.3, -0.25) is 4.90 Å². The molecule has 12 heavy (non-hydrogen) atoms. The van der Waals surface area contributed by atoms with E-state index in [9.17, 15) is 0 Å². The third-order valence-electron chi connectivity index (χ3n) is 3.56. The second-order valence-corrected chi connectivity index (χ2v) is 4.22. The zero-order valence-electron chi connectivity index (χ0n) is 8.05. The fourth-order valence-electron chi connectivity index (χ4n) is 2.31. The van der Waals surface area contributed by atoms with E-state index in [1.54, 1.807) is 0 Å². The van der Waals surface area contributed by atoms with Gasteiger partial charge < -0.3 is 5.32 Å². The molecule has 0 aromatic rings. The molecule has 0 amide bonds. The van der Waals surface area contributed by atoms with Gasteiger partial charge in [-0.2, -0.15) is 0 Å². The minimum Gasteiger partial charge on any atom is -0.314 e. The maximum Gasteiger partial charge on any atom is 0.0110 e. The predicted molar refractivity (Wildman–Crippen MR) is 51.2 cm³/mol. The fraction of sp³-hybridized carbons (Fsp3) is 1.00. The van der Waals surface area contributed by atoms with E-state index in [1.807, 2.05) is 0 Å². The maximum atomic E-state index is 3.40. The molecule has 0 aromatic heterocycles. The highest BCUT2D eigenvalue weighted by Gasteiger charge is 2.28. The first-order valence-corrected chi connectivity index (χ1v) is 5.32. The number of rotatable bonds is 2. The fourth-order valence-corrected chi connectivity index (χ4v) is 2.31. The van der Waals surface area contributed by atoms with Crippen LogP contribution >= 0.6 is 0 Å². The molecule has 2 fully saturated rings. The molecule has 2 aliphatic rings. The Morgan fingerprint density at radius 2 is 1.92 bits per heavy atom. The first-order chi connectivity index (χ1) is 5.88. The molecule has 2 rings (SSSR count). The number of nitrogens with one attached hydrogen (secondary N) is 1. The van der Waals surface area contributed by atoms with Crippen LogP contribution in [0.15, 0.2) is 0 Å². The van der Waals surface area contributed by atoms with Crippen molar-refractivity contribution in [3.8, 4) is 0 Å². The van der Waals surface area contributed by atoms with Crippen LogP contribution in [0.2, 0.25) is 0 Å². The van der Waals surface area contributed by atoms with E-state index < -0.39 is 0 Å². The van der Waals surface area contributed by atoms with Crippen molar-refractivity contribution in [1.82, 2.24) is 10.2 Å². The van der Waals surface area contributed by atoms with E-state index >= 15 is 0 Å². The maximum absolute atomic E-state index is 3.40. The van der Waals surface area contributed by atoms with Gasteiger partial charge in [-0.05, 0) is 25.7 Å². The quantitative estimate of drug-likeness (QED) is 0.664. The summed E-state index contributed by atoms with van der Waals surface area (Å²) < 4.78 is 0. The van der Waals surface area contributed by atoms with Crippen molar-refractivity contribution >= 4 is 0 Å². The van der Waals surface area contributed by atoms with Gasteiger partial charge in [0, 0.05) is 32.2 Å². The van der Waals surface area contributed by atoms with Crippen LogP contribution in [-0.4, -0.2) is 37.1 Å². The predicted octanol–water partition coefficient (Wildman–Crippen LogP) is 1.08. The lowest BCUT2D eigenvalue weighted by Crippen LogP contribution is -2.50. The zero-order chi connectivity index (χ0) is 8.39. The van der Waals surface area contributed by atoms with Crippen molar-refractivity contribution in [1.29, 1.82) is 0 Å². The Kier molecular flexibility index (Phi) is 2.66. The van der Waals surface area contributed by atoms with Crippen molar-refractivity contribution in [2.75, 3.05) is 26.2 Å². The largest absolute Gasteiger partial charge is 0.314 e. The SMILES string of the molecule is CC(C1CCC1)N1CCNCC1. The monoisotopic (exact) mass is 168 g/mol. The van der Waals surface area contributed by atoms with Crippen LogP contribution in [0.3, 0.4) is 0 Å². The highest BCUT2D eigenvalue weighted by atomic mass is 15.2. The molecule has 1 N–H and O–H groups in total. The lowest BCUT2D eigenvalue weighted by atomic mass is 9.79. The Bertz CT molecular complexity index is 137. The number of piperazine rings is 1. The molecule has 1 unspecified atom stereocenters. The molecule has 2 heteroatoms. The molecule has 70 valence electrons. The first-order valence-electron chi connectivity index (χ1n) is 5.32. The van der Waals surface area contributed by atoms with Crippen LogP contribution in [-0.2, 0) is 0 Å². The first kappa shape index (κ1) is 8.52. The second kappa shape index (κ2) is 3.75. The third-order valence-corrected chi connectivity index (χ3v) is 3.56. The number of nitrogens with zero attached hydrogens (tertiary/aromatic N) is 1. The van der Waals surface area contributed by atoms with E-state index in [0.29, 0.717) is 0 Å². The van der Waals surface area contributed by atoms with Gasteiger partial charge in [0.1, 0.15) is 0 Å². The van der Waals surface area contributed by atoms with Crippen molar-refractivity contribution in [2.45, 2.75) is 32.2 Å². The van der Waals surface area contributed by atoms with Gasteiger partial charge in [-0.25, -0.2) is 0 Å². The van der Waals surface area contributed by atoms with Gasteiger partial charge in [-0.1, -0.05) is 6.42 Å². The summed E-state index contributed by atoms with van der Waals surface area (Å²) in [6.07, 6.45) is 4.43. The second-order valence-electron chi connectivity index (χ2n) is 4.22. The summed E-state index contributed by atoms with van der Waals surface area (Å²) >= 11 is 0. The molecular weight excluding hydrogens is 148 g/mol. The molecule has 0 radical (unpaired) electrons. The zero-order valence-corrected chi connectivity index (χ0v) is 8.05. The van der Waals surface area contributed by atoms with E-state index in [1.165, 1.54) is 45.4 Å². The molecule has 0 spiro atoms. The third kappa shape index (κ3) is 1.64. The van der Waals surface area contributed by atoms with Gasteiger partial charge in [0.05, 0.1) is 0 Å². The summed E-state index contributed by atoms with van der Waals surface area (Å²) in [6, 6.07) is 0.848. The molecule has 1 atom stereocenters. The van der Waals surface area contributed by atoms with E-state index in [4.69, 9.17) is 0 Å². The highest BCUT2D eigenvalue weighted by molar-refractivity contribution is 4.83. The molecule has 0 bridgehead atoms. The summed E-state index contributed by atoms with van der Waals surface area (Å²) in [5.74, 6) is 1.02. The molecule has 1 aliphatic carbocycles. The van der Waals surface area contributed by atoms with Crippen LogP contribution in [0.1, 0.15) is 26.2 Å². The molecule has 1 saturated heterocycles.